The number of urea groups is 2. The van der Waals surface area contributed by atoms with E-state index in [1.54, 1.807) is 25.1 Å². The molecule has 1 aliphatic heterocycles. The lowest BCUT2D eigenvalue weighted by Crippen LogP contribution is -2.45. The van der Waals surface area contributed by atoms with Crippen LogP contribution in [-0.2, 0) is 15.1 Å². The van der Waals surface area contributed by atoms with Crippen LogP contribution in [0.2, 0.25) is 0 Å². The summed E-state index contributed by atoms with van der Waals surface area (Å²) < 4.78 is 0. The molecule has 0 radical (unpaired) electrons. The summed E-state index contributed by atoms with van der Waals surface area (Å²) in [6.07, 6.45) is 0. The second-order valence-corrected chi connectivity index (χ2v) is 8.54. The molecule has 32 heavy (non-hydrogen) atoms. The van der Waals surface area contributed by atoms with Gasteiger partial charge in [0.2, 0.25) is 5.91 Å². The molecule has 1 unspecified atom stereocenters. The first-order valence-corrected chi connectivity index (χ1v) is 10.4. The lowest BCUT2D eigenvalue weighted by Gasteiger charge is -2.22. The fourth-order valence-corrected chi connectivity index (χ4v) is 3.65. The first kappa shape index (κ1) is 23.0. The predicted molar refractivity (Wildman–Crippen MR) is 121 cm³/mol. The maximum Gasteiger partial charge on any atom is 0.325 e. The van der Waals surface area contributed by atoms with Gasteiger partial charge in [-0.15, -0.1) is 0 Å². The van der Waals surface area contributed by atoms with Gasteiger partial charge in [0.25, 0.3) is 5.91 Å². The first-order valence-electron chi connectivity index (χ1n) is 10.4. The van der Waals surface area contributed by atoms with Gasteiger partial charge in [0.05, 0.1) is 0 Å². The van der Waals surface area contributed by atoms with Gasteiger partial charge in [-0.25, -0.2) is 9.59 Å². The standard InChI is InChI=1S/C24H28N4O4/c1-14(2)17-7-9-18(10-8-17)24(5)21(30)28(23(32)27-24)13-20(29)26-22(31)25-19-11-6-15(3)12-16(19)4/h6-12,14H,13H2,1-5H3,(H,27,32)(H2,25,26,29,31). The van der Waals surface area contributed by atoms with Crippen LogP contribution in [0.3, 0.4) is 0 Å². The largest absolute Gasteiger partial charge is 0.325 e. The molecule has 2 aromatic carbocycles. The molecule has 168 valence electrons. The van der Waals surface area contributed by atoms with Gasteiger partial charge in [-0.1, -0.05) is 55.8 Å². The van der Waals surface area contributed by atoms with Gasteiger partial charge in [-0.2, -0.15) is 0 Å². The van der Waals surface area contributed by atoms with Crippen molar-refractivity contribution in [3.05, 3.63) is 64.7 Å². The van der Waals surface area contributed by atoms with Crippen LogP contribution >= 0.6 is 0 Å². The minimum absolute atomic E-state index is 0.334. The summed E-state index contributed by atoms with van der Waals surface area (Å²) in [7, 11) is 0. The molecule has 1 aliphatic rings. The molecule has 1 atom stereocenters. The number of hydrogen-bond acceptors (Lipinski definition) is 4. The molecule has 8 heteroatoms. The molecule has 3 N–H and O–H groups in total. The van der Waals surface area contributed by atoms with Crippen LogP contribution in [0.4, 0.5) is 15.3 Å². The van der Waals surface area contributed by atoms with Gasteiger partial charge in [0.15, 0.2) is 0 Å². The Morgan fingerprint density at radius 1 is 1.06 bits per heavy atom. The van der Waals surface area contributed by atoms with E-state index in [9.17, 15) is 19.2 Å². The summed E-state index contributed by atoms with van der Waals surface area (Å²) in [6, 6.07) is 11.5. The zero-order valence-electron chi connectivity index (χ0n) is 18.9. The molecule has 1 heterocycles. The average molecular weight is 437 g/mol. The summed E-state index contributed by atoms with van der Waals surface area (Å²) in [4.78, 5) is 50.8. The van der Waals surface area contributed by atoms with Crippen LogP contribution in [0.5, 0.6) is 0 Å². The first-order chi connectivity index (χ1) is 15.0. The molecule has 0 bridgehead atoms. The quantitative estimate of drug-likeness (QED) is 0.623. The van der Waals surface area contributed by atoms with Crippen molar-refractivity contribution in [3.8, 4) is 0 Å². The minimum atomic E-state index is -1.28. The van der Waals surface area contributed by atoms with Crippen LogP contribution in [-0.4, -0.2) is 35.3 Å². The van der Waals surface area contributed by atoms with Gasteiger partial charge in [0.1, 0.15) is 12.1 Å². The van der Waals surface area contributed by atoms with Crippen molar-refractivity contribution < 1.29 is 19.2 Å². The molecule has 1 saturated heterocycles. The van der Waals surface area contributed by atoms with Crippen molar-refractivity contribution in [3.63, 3.8) is 0 Å². The maximum atomic E-state index is 13.0. The van der Waals surface area contributed by atoms with Crippen molar-refractivity contribution in [2.75, 3.05) is 11.9 Å². The fourth-order valence-electron chi connectivity index (χ4n) is 3.65. The van der Waals surface area contributed by atoms with Crippen LogP contribution in [0.15, 0.2) is 42.5 Å². The molecular weight excluding hydrogens is 408 g/mol. The van der Waals surface area contributed by atoms with Gasteiger partial charge in [0, 0.05) is 5.69 Å². The fraction of sp³-hybridized carbons (Fsp3) is 0.333. The number of anilines is 1. The van der Waals surface area contributed by atoms with Gasteiger partial charge in [-0.3, -0.25) is 19.8 Å². The van der Waals surface area contributed by atoms with Gasteiger partial charge < -0.3 is 10.6 Å². The van der Waals surface area contributed by atoms with E-state index in [1.165, 1.54) is 0 Å². The monoisotopic (exact) mass is 436 g/mol. The van der Waals surface area contributed by atoms with Gasteiger partial charge in [-0.05, 0) is 49.4 Å². The van der Waals surface area contributed by atoms with E-state index >= 15 is 0 Å². The third kappa shape index (κ3) is 4.64. The van der Waals surface area contributed by atoms with Crippen molar-refractivity contribution >= 4 is 29.6 Å². The maximum absolute atomic E-state index is 13.0. The molecule has 3 rings (SSSR count). The minimum Gasteiger partial charge on any atom is -0.319 e. The number of benzene rings is 2. The smallest absolute Gasteiger partial charge is 0.319 e. The Morgan fingerprint density at radius 2 is 1.72 bits per heavy atom. The van der Waals surface area contributed by atoms with Crippen LogP contribution in [0, 0.1) is 13.8 Å². The van der Waals surface area contributed by atoms with E-state index in [4.69, 9.17) is 0 Å². The topological polar surface area (TPSA) is 108 Å². The predicted octanol–water partition coefficient (Wildman–Crippen LogP) is 3.54. The van der Waals surface area contributed by atoms with E-state index in [0.29, 0.717) is 17.2 Å². The van der Waals surface area contributed by atoms with Crippen LogP contribution in [0.1, 0.15) is 48.9 Å². The number of nitrogens with one attached hydrogen (secondary N) is 3. The number of aryl methyl sites for hydroxylation is 2. The van der Waals surface area contributed by atoms with E-state index in [1.807, 2.05) is 38.1 Å². The van der Waals surface area contributed by atoms with Gasteiger partial charge >= 0.3 is 12.1 Å². The number of imide groups is 2. The lowest BCUT2D eigenvalue weighted by atomic mass is 9.90. The number of amides is 6. The van der Waals surface area contributed by atoms with Crippen molar-refractivity contribution in [1.82, 2.24) is 15.5 Å². The highest BCUT2D eigenvalue weighted by molar-refractivity contribution is 6.10. The highest BCUT2D eigenvalue weighted by atomic mass is 16.2. The molecule has 0 spiro atoms. The summed E-state index contributed by atoms with van der Waals surface area (Å²) in [5.74, 6) is -0.985. The molecule has 2 aromatic rings. The Balaban J connectivity index is 1.65. The number of carbonyl (C=O) groups excluding carboxylic acids is 4. The second kappa shape index (κ2) is 8.82. The van der Waals surface area contributed by atoms with Crippen LogP contribution in [0.25, 0.3) is 0 Å². The van der Waals surface area contributed by atoms with E-state index in [-0.39, 0.29) is 0 Å². The average Bonchev–Trinajstić information content (AvgIpc) is 2.94. The molecule has 6 amide bonds. The van der Waals surface area contributed by atoms with E-state index in [2.05, 4.69) is 29.8 Å². The summed E-state index contributed by atoms with van der Waals surface area (Å²) in [6.45, 7) is 8.94. The highest BCUT2D eigenvalue weighted by Gasteiger charge is 2.49. The van der Waals surface area contributed by atoms with Crippen molar-refractivity contribution in [2.45, 2.75) is 46.1 Å². The van der Waals surface area contributed by atoms with Crippen molar-refractivity contribution in [1.29, 1.82) is 0 Å². The Hall–Kier alpha value is -3.68. The highest BCUT2D eigenvalue weighted by Crippen LogP contribution is 2.29. The SMILES string of the molecule is Cc1ccc(NC(=O)NC(=O)CN2C(=O)NC(C)(c3ccc(C(C)C)cc3)C2=O)c(C)c1. The number of carbonyl (C=O) groups is 4. The van der Waals surface area contributed by atoms with E-state index in [0.717, 1.165) is 21.6 Å². The molecule has 0 aliphatic carbocycles. The number of rotatable bonds is 5. The van der Waals surface area contributed by atoms with E-state index < -0.39 is 36.0 Å². The number of hydrogen-bond donors (Lipinski definition) is 3. The molecule has 0 aromatic heterocycles. The Kier molecular flexibility index (Phi) is 6.34. The molecular formula is C24H28N4O4. The Bertz CT molecular complexity index is 1080. The normalized spacial score (nSPS) is 18.0. The Labute approximate surface area is 187 Å². The third-order valence-corrected chi connectivity index (χ3v) is 5.61. The molecule has 1 fully saturated rings. The molecule has 0 saturated carbocycles. The Morgan fingerprint density at radius 3 is 2.31 bits per heavy atom. The summed E-state index contributed by atoms with van der Waals surface area (Å²) in [5, 5.41) is 7.42. The zero-order chi connectivity index (χ0) is 23.6. The zero-order valence-corrected chi connectivity index (χ0v) is 18.9. The second-order valence-electron chi connectivity index (χ2n) is 8.54. The summed E-state index contributed by atoms with van der Waals surface area (Å²) in [5.41, 5.74) is 2.91. The number of nitrogens with zero attached hydrogens (tertiary/aromatic N) is 1. The summed E-state index contributed by atoms with van der Waals surface area (Å²) >= 11 is 0. The van der Waals surface area contributed by atoms with Crippen molar-refractivity contribution in [2.24, 2.45) is 0 Å². The van der Waals surface area contributed by atoms with Crippen LogP contribution < -0.4 is 16.0 Å². The third-order valence-electron chi connectivity index (χ3n) is 5.61. The lowest BCUT2D eigenvalue weighted by molar-refractivity contribution is -0.134. The molecule has 8 nitrogen and oxygen atoms in total.